The van der Waals surface area contributed by atoms with E-state index in [1.807, 2.05) is 39.0 Å². The van der Waals surface area contributed by atoms with Crippen molar-refractivity contribution in [1.29, 1.82) is 0 Å². The molecule has 0 aliphatic rings. The molecule has 4 heteroatoms. The number of carbonyl (C=O) groups is 1. The smallest absolute Gasteiger partial charge is 0.340 e. The third-order valence-electron chi connectivity index (χ3n) is 2.77. The van der Waals surface area contributed by atoms with Crippen LogP contribution < -0.4 is 0 Å². The number of aromatic amines is 1. The molecule has 0 saturated carbocycles. The largest absolute Gasteiger partial charge is 0.456 e. The molecule has 0 radical (unpaired) electrons. The number of benzene rings is 1. The lowest BCUT2D eigenvalue weighted by Crippen LogP contribution is -2.23. The molecule has 0 amide bonds. The van der Waals surface area contributed by atoms with Gasteiger partial charge in [0.25, 0.3) is 0 Å². The highest BCUT2D eigenvalue weighted by Gasteiger charge is 2.20. The quantitative estimate of drug-likeness (QED) is 0.835. The second kappa shape index (κ2) is 5.05. The Kier molecular flexibility index (Phi) is 3.62. The molecule has 2 rings (SSSR count). The van der Waals surface area contributed by atoms with Gasteiger partial charge in [-0.05, 0) is 38.8 Å². The normalized spacial score (nSPS) is 11.8. The van der Waals surface area contributed by atoms with E-state index in [1.54, 1.807) is 6.20 Å². The number of aliphatic hydroxyl groups is 1. The van der Waals surface area contributed by atoms with Gasteiger partial charge in [0.2, 0.25) is 0 Å². The van der Waals surface area contributed by atoms with Crippen molar-refractivity contribution in [2.45, 2.75) is 32.8 Å². The van der Waals surface area contributed by atoms with E-state index in [2.05, 4.69) is 4.98 Å². The van der Waals surface area contributed by atoms with Crippen LogP contribution in [0, 0.1) is 0 Å². The third-order valence-corrected chi connectivity index (χ3v) is 2.77. The first-order chi connectivity index (χ1) is 8.90. The number of fused-ring (bicyclic) bond motifs is 1. The molecule has 2 N–H and O–H groups in total. The molecule has 1 aromatic heterocycles. The molecule has 19 heavy (non-hydrogen) atoms. The number of esters is 1. The zero-order valence-electron chi connectivity index (χ0n) is 11.5. The van der Waals surface area contributed by atoms with Gasteiger partial charge >= 0.3 is 5.97 Å². The fourth-order valence-electron chi connectivity index (χ4n) is 1.96. The lowest BCUT2D eigenvalue weighted by Gasteiger charge is -2.19. The van der Waals surface area contributed by atoms with Crippen LogP contribution in [-0.2, 0) is 11.2 Å². The van der Waals surface area contributed by atoms with E-state index >= 15 is 0 Å². The monoisotopic (exact) mass is 261 g/mol. The van der Waals surface area contributed by atoms with E-state index < -0.39 is 5.60 Å². The average Bonchev–Trinajstić information content (AvgIpc) is 2.70. The minimum atomic E-state index is -0.502. The van der Waals surface area contributed by atoms with Crippen LogP contribution in [-0.4, -0.2) is 28.3 Å². The van der Waals surface area contributed by atoms with Crippen molar-refractivity contribution < 1.29 is 14.6 Å². The summed E-state index contributed by atoms with van der Waals surface area (Å²) in [5.41, 5.74) is 1.96. The third kappa shape index (κ3) is 3.15. The van der Waals surface area contributed by atoms with Crippen LogP contribution in [0.4, 0.5) is 0 Å². The van der Waals surface area contributed by atoms with E-state index in [0.29, 0.717) is 12.0 Å². The second-order valence-electron chi connectivity index (χ2n) is 5.56. The highest BCUT2D eigenvalue weighted by molar-refractivity contribution is 6.04. The van der Waals surface area contributed by atoms with E-state index in [0.717, 1.165) is 16.5 Å². The maximum absolute atomic E-state index is 12.1. The molecular formula is C15H19NO3. The number of hydrogen-bond acceptors (Lipinski definition) is 3. The Labute approximate surface area is 112 Å². The molecule has 0 unspecified atom stereocenters. The van der Waals surface area contributed by atoms with Gasteiger partial charge in [-0.1, -0.05) is 12.1 Å². The summed E-state index contributed by atoms with van der Waals surface area (Å²) in [6, 6.07) is 5.75. The minimum Gasteiger partial charge on any atom is -0.456 e. The molecule has 2 aromatic rings. The summed E-state index contributed by atoms with van der Waals surface area (Å²) in [5.74, 6) is -0.325. The highest BCUT2D eigenvalue weighted by atomic mass is 16.6. The van der Waals surface area contributed by atoms with Crippen molar-refractivity contribution in [3.63, 3.8) is 0 Å². The van der Waals surface area contributed by atoms with Gasteiger partial charge in [0, 0.05) is 23.7 Å². The molecule has 102 valence electrons. The average molecular weight is 261 g/mol. The van der Waals surface area contributed by atoms with Crippen molar-refractivity contribution in [3.8, 4) is 0 Å². The van der Waals surface area contributed by atoms with Crippen LogP contribution >= 0.6 is 0 Å². The molecule has 0 spiro atoms. The topological polar surface area (TPSA) is 62.3 Å². The first-order valence-electron chi connectivity index (χ1n) is 6.35. The Morgan fingerprint density at radius 1 is 1.37 bits per heavy atom. The van der Waals surface area contributed by atoms with Crippen LogP contribution in [0.3, 0.4) is 0 Å². The van der Waals surface area contributed by atoms with E-state index in [4.69, 9.17) is 9.84 Å². The Bertz CT molecular complexity index is 593. The van der Waals surface area contributed by atoms with E-state index in [9.17, 15) is 4.79 Å². The van der Waals surface area contributed by atoms with E-state index in [-0.39, 0.29) is 12.6 Å². The second-order valence-corrected chi connectivity index (χ2v) is 5.56. The van der Waals surface area contributed by atoms with Crippen LogP contribution in [0.2, 0.25) is 0 Å². The van der Waals surface area contributed by atoms with E-state index in [1.165, 1.54) is 0 Å². The Balaban J connectivity index is 2.33. The van der Waals surface area contributed by atoms with Gasteiger partial charge in [0.1, 0.15) is 5.60 Å². The minimum absolute atomic E-state index is 0.116. The summed E-state index contributed by atoms with van der Waals surface area (Å²) in [7, 11) is 0. The molecule has 0 atom stereocenters. The maximum Gasteiger partial charge on any atom is 0.340 e. The zero-order chi connectivity index (χ0) is 14.0. The number of hydrogen-bond donors (Lipinski definition) is 2. The van der Waals surface area contributed by atoms with Crippen LogP contribution in [0.1, 0.15) is 36.7 Å². The number of carbonyl (C=O) groups excluding carboxylic acids is 1. The first-order valence-corrected chi connectivity index (χ1v) is 6.35. The Hall–Kier alpha value is -1.81. The van der Waals surface area contributed by atoms with Crippen molar-refractivity contribution in [1.82, 2.24) is 4.98 Å². The predicted molar refractivity (Wildman–Crippen MR) is 74.3 cm³/mol. The zero-order valence-corrected chi connectivity index (χ0v) is 11.5. The van der Waals surface area contributed by atoms with Crippen molar-refractivity contribution in [2.24, 2.45) is 0 Å². The first kappa shape index (κ1) is 13.6. The van der Waals surface area contributed by atoms with Gasteiger partial charge < -0.3 is 14.8 Å². The molecule has 1 aromatic carbocycles. The lowest BCUT2D eigenvalue weighted by atomic mass is 10.1. The van der Waals surface area contributed by atoms with Gasteiger partial charge in [0.05, 0.1) is 5.56 Å². The molecule has 0 saturated heterocycles. The molecule has 0 bridgehead atoms. The molecule has 4 nitrogen and oxygen atoms in total. The molecule has 0 fully saturated rings. The lowest BCUT2D eigenvalue weighted by molar-refractivity contribution is 0.00719. The van der Waals surface area contributed by atoms with Gasteiger partial charge in [-0.15, -0.1) is 0 Å². The summed E-state index contributed by atoms with van der Waals surface area (Å²) in [4.78, 5) is 15.1. The summed E-state index contributed by atoms with van der Waals surface area (Å²) in [6.45, 7) is 5.66. The van der Waals surface area contributed by atoms with Gasteiger partial charge in [-0.3, -0.25) is 0 Å². The molecule has 1 heterocycles. The number of rotatable bonds is 3. The van der Waals surface area contributed by atoms with Crippen molar-refractivity contribution in [3.05, 3.63) is 35.5 Å². The highest BCUT2D eigenvalue weighted by Crippen LogP contribution is 2.22. The molecular weight excluding hydrogens is 242 g/mol. The number of aliphatic hydroxyl groups excluding tert-OH is 1. The fraction of sp³-hybridized carbons (Fsp3) is 0.400. The Morgan fingerprint density at radius 2 is 2.11 bits per heavy atom. The Morgan fingerprint density at radius 3 is 2.74 bits per heavy atom. The molecule has 0 aliphatic heterocycles. The number of nitrogens with one attached hydrogen (secondary N) is 1. The summed E-state index contributed by atoms with van der Waals surface area (Å²) in [6.07, 6.45) is 2.28. The molecule has 0 aliphatic carbocycles. The van der Waals surface area contributed by atoms with Crippen LogP contribution in [0.15, 0.2) is 24.4 Å². The van der Waals surface area contributed by atoms with Gasteiger partial charge in [-0.2, -0.15) is 0 Å². The van der Waals surface area contributed by atoms with Crippen LogP contribution in [0.5, 0.6) is 0 Å². The number of ether oxygens (including phenoxy) is 1. The predicted octanol–water partition coefficient (Wildman–Crippen LogP) is 2.66. The summed E-state index contributed by atoms with van der Waals surface area (Å²) in [5, 5.41) is 9.77. The van der Waals surface area contributed by atoms with Gasteiger partial charge in [-0.25, -0.2) is 4.79 Å². The van der Waals surface area contributed by atoms with Crippen molar-refractivity contribution >= 4 is 16.9 Å². The summed E-state index contributed by atoms with van der Waals surface area (Å²) >= 11 is 0. The maximum atomic E-state index is 12.1. The number of H-pyrrole nitrogens is 1. The van der Waals surface area contributed by atoms with Crippen LogP contribution in [0.25, 0.3) is 10.9 Å². The fourth-order valence-corrected chi connectivity index (χ4v) is 1.96. The van der Waals surface area contributed by atoms with Crippen molar-refractivity contribution in [2.75, 3.05) is 6.61 Å². The van der Waals surface area contributed by atoms with Gasteiger partial charge in [0.15, 0.2) is 0 Å². The number of aromatic nitrogens is 1. The standard InChI is InChI=1S/C15H19NO3/c1-15(2,3)19-14(18)12-9-16-13-8-10(6-7-17)4-5-11(12)13/h4-5,8-9,16-17H,6-7H2,1-3H3. The summed E-state index contributed by atoms with van der Waals surface area (Å²) < 4.78 is 5.37. The SMILES string of the molecule is CC(C)(C)OC(=O)c1c[nH]c2cc(CCO)ccc12.